The molecular weight excluding hydrogens is 438 g/mol. The molecule has 35 heavy (non-hydrogen) atoms. The molecule has 6 nitrogen and oxygen atoms in total. The van der Waals surface area contributed by atoms with Crippen molar-refractivity contribution in [3.8, 4) is 0 Å². The number of piperazine rings is 1. The topological polar surface area (TPSA) is 61.9 Å². The molecule has 2 fully saturated rings. The van der Waals surface area contributed by atoms with Crippen LogP contribution in [0.15, 0.2) is 48.5 Å². The highest BCUT2D eigenvalue weighted by atomic mass is 16.5. The average molecular weight is 476 g/mol. The zero-order chi connectivity index (χ0) is 24.4. The summed E-state index contributed by atoms with van der Waals surface area (Å²) in [7, 11) is 0. The van der Waals surface area contributed by atoms with Crippen LogP contribution in [0.5, 0.6) is 0 Å². The minimum absolute atomic E-state index is 0.00288. The molecule has 6 heteroatoms. The minimum atomic E-state index is -0.476. The van der Waals surface area contributed by atoms with Crippen LogP contribution < -0.4 is 10.2 Å². The van der Waals surface area contributed by atoms with Crippen molar-refractivity contribution in [2.75, 3.05) is 31.2 Å². The van der Waals surface area contributed by atoms with Gasteiger partial charge < -0.3 is 19.9 Å². The van der Waals surface area contributed by atoms with Crippen molar-refractivity contribution >= 4 is 17.5 Å². The summed E-state index contributed by atoms with van der Waals surface area (Å²) < 4.78 is 5.56. The van der Waals surface area contributed by atoms with Crippen molar-refractivity contribution in [2.45, 2.75) is 58.2 Å². The lowest BCUT2D eigenvalue weighted by Crippen LogP contribution is -2.66. The van der Waals surface area contributed by atoms with Gasteiger partial charge in [0.15, 0.2) is 0 Å². The quantitative estimate of drug-likeness (QED) is 0.665. The first-order valence-electron chi connectivity index (χ1n) is 13.2. The van der Waals surface area contributed by atoms with Gasteiger partial charge in [0.05, 0.1) is 13.2 Å². The lowest BCUT2D eigenvalue weighted by molar-refractivity contribution is -0.154. The molecule has 2 atom stereocenters. The molecule has 186 valence electrons. The standard InChI is InChI=1S/C29H37N3O3/c1-3-20(4-2)27-28(33)30-26(24-17-21-9-5-6-10-22(21)18-24)29(34)32(27)19-23-11-7-8-12-25(23)31-13-15-35-16-14-31/h5-12,20,24,26-27H,3-4,13-19H2,1-2H3,(H,30,33)/t26-,27-/m1/s1. The summed E-state index contributed by atoms with van der Waals surface area (Å²) in [5.41, 5.74) is 4.83. The number of carbonyl (C=O) groups is 2. The molecule has 2 aromatic rings. The van der Waals surface area contributed by atoms with E-state index < -0.39 is 12.1 Å². The van der Waals surface area contributed by atoms with Crippen LogP contribution in [0.2, 0.25) is 0 Å². The molecule has 2 amide bonds. The van der Waals surface area contributed by atoms with E-state index in [1.807, 2.05) is 11.0 Å². The molecule has 2 saturated heterocycles. The lowest BCUT2D eigenvalue weighted by atomic mass is 9.86. The Labute approximate surface area is 208 Å². The van der Waals surface area contributed by atoms with Crippen LogP contribution in [0.4, 0.5) is 5.69 Å². The highest BCUT2D eigenvalue weighted by molar-refractivity contribution is 5.97. The molecule has 0 aromatic heterocycles. The van der Waals surface area contributed by atoms with Gasteiger partial charge in [0.2, 0.25) is 11.8 Å². The smallest absolute Gasteiger partial charge is 0.246 e. The van der Waals surface area contributed by atoms with Gasteiger partial charge in [-0.1, -0.05) is 69.2 Å². The van der Waals surface area contributed by atoms with Crippen LogP contribution in [-0.2, 0) is 33.7 Å². The molecule has 1 aliphatic carbocycles. The summed E-state index contributed by atoms with van der Waals surface area (Å²) in [4.78, 5) is 32.0. The average Bonchev–Trinajstić information content (AvgIpc) is 3.33. The van der Waals surface area contributed by atoms with Crippen LogP contribution in [0.3, 0.4) is 0 Å². The minimum Gasteiger partial charge on any atom is -0.378 e. The molecular formula is C29H37N3O3. The van der Waals surface area contributed by atoms with Crippen molar-refractivity contribution in [1.29, 1.82) is 0 Å². The first-order chi connectivity index (χ1) is 17.1. The van der Waals surface area contributed by atoms with Crippen LogP contribution in [0.1, 0.15) is 43.4 Å². The normalized spacial score (nSPS) is 23.1. The zero-order valence-corrected chi connectivity index (χ0v) is 20.9. The van der Waals surface area contributed by atoms with Crippen molar-refractivity contribution in [3.05, 3.63) is 65.2 Å². The first kappa shape index (κ1) is 23.9. The largest absolute Gasteiger partial charge is 0.378 e. The Morgan fingerprint density at radius 3 is 2.23 bits per heavy atom. The molecule has 0 unspecified atom stereocenters. The predicted molar refractivity (Wildman–Crippen MR) is 137 cm³/mol. The van der Waals surface area contributed by atoms with E-state index in [9.17, 15) is 9.59 Å². The van der Waals surface area contributed by atoms with E-state index in [-0.39, 0.29) is 23.7 Å². The summed E-state index contributed by atoms with van der Waals surface area (Å²) in [5.74, 6) is 0.305. The highest BCUT2D eigenvalue weighted by Crippen LogP contribution is 2.34. The van der Waals surface area contributed by atoms with Crippen LogP contribution in [0.25, 0.3) is 0 Å². The molecule has 2 heterocycles. The maximum absolute atomic E-state index is 14.1. The van der Waals surface area contributed by atoms with Crippen molar-refractivity contribution in [3.63, 3.8) is 0 Å². The third kappa shape index (κ3) is 4.68. The number of ether oxygens (including phenoxy) is 1. The third-order valence-electron chi connectivity index (χ3n) is 8.18. The summed E-state index contributed by atoms with van der Waals surface area (Å²) in [6.07, 6.45) is 3.40. The van der Waals surface area contributed by atoms with E-state index in [2.05, 4.69) is 66.5 Å². The van der Waals surface area contributed by atoms with Crippen molar-refractivity contribution in [2.24, 2.45) is 11.8 Å². The lowest BCUT2D eigenvalue weighted by Gasteiger charge is -2.44. The number of benzene rings is 2. The van der Waals surface area contributed by atoms with E-state index in [0.29, 0.717) is 19.8 Å². The van der Waals surface area contributed by atoms with Crippen molar-refractivity contribution in [1.82, 2.24) is 10.2 Å². The van der Waals surface area contributed by atoms with Gasteiger partial charge in [-0.3, -0.25) is 9.59 Å². The fourth-order valence-corrected chi connectivity index (χ4v) is 6.23. The van der Waals surface area contributed by atoms with Gasteiger partial charge in [-0.25, -0.2) is 0 Å². The first-order valence-corrected chi connectivity index (χ1v) is 13.2. The maximum atomic E-state index is 14.1. The molecule has 2 aromatic carbocycles. The predicted octanol–water partition coefficient (Wildman–Crippen LogP) is 3.57. The second-order valence-electron chi connectivity index (χ2n) is 10.1. The number of morpholine rings is 1. The SMILES string of the molecule is CCC(CC)[C@@H]1C(=O)N[C@H](C2Cc3ccccc3C2)C(=O)N1Cc1ccccc1N1CCOCC1. The summed E-state index contributed by atoms with van der Waals surface area (Å²) in [6, 6.07) is 15.8. The second kappa shape index (κ2) is 10.4. The molecule has 2 aliphatic heterocycles. The molecule has 0 spiro atoms. The molecule has 0 bridgehead atoms. The number of hydrogen-bond donors (Lipinski definition) is 1. The molecule has 3 aliphatic rings. The highest BCUT2D eigenvalue weighted by Gasteiger charge is 2.47. The van der Waals surface area contributed by atoms with Crippen LogP contribution in [0, 0.1) is 11.8 Å². The van der Waals surface area contributed by atoms with Gasteiger partial charge in [-0.05, 0) is 47.4 Å². The number of nitrogens with zero attached hydrogens (tertiary/aromatic N) is 2. The molecule has 0 radical (unpaired) electrons. The number of anilines is 1. The number of nitrogens with one attached hydrogen (secondary N) is 1. The zero-order valence-electron chi connectivity index (χ0n) is 20.9. The third-order valence-corrected chi connectivity index (χ3v) is 8.18. The number of fused-ring (bicyclic) bond motifs is 1. The maximum Gasteiger partial charge on any atom is 0.246 e. The Kier molecular flexibility index (Phi) is 7.09. The number of para-hydroxylation sites is 1. The summed E-state index contributed by atoms with van der Waals surface area (Å²) in [6.45, 7) is 7.78. The Bertz CT molecular complexity index is 1040. The fourth-order valence-electron chi connectivity index (χ4n) is 6.23. The fraction of sp³-hybridized carbons (Fsp3) is 0.517. The Hall–Kier alpha value is -2.86. The van der Waals surface area contributed by atoms with Gasteiger partial charge in [-0.2, -0.15) is 0 Å². The monoisotopic (exact) mass is 475 g/mol. The van der Waals surface area contributed by atoms with E-state index in [0.717, 1.165) is 50.0 Å². The second-order valence-corrected chi connectivity index (χ2v) is 10.1. The van der Waals surface area contributed by atoms with Gasteiger partial charge in [0.1, 0.15) is 12.1 Å². The Balaban J connectivity index is 1.45. The van der Waals surface area contributed by atoms with Gasteiger partial charge >= 0.3 is 0 Å². The number of rotatable bonds is 7. The summed E-state index contributed by atoms with van der Waals surface area (Å²) >= 11 is 0. The van der Waals surface area contributed by atoms with Gasteiger partial charge in [0, 0.05) is 25.3 Å². The molecule has 0 saturated carbocycles. The van der Waals surface area contributed by atoms with E-state index in [1.165, 1.54) is 11.1 Å². The number of carbonyl (C=O) groups excluding carboxylic acids is 2. The number of amides is 2. The van der Waals surface area contributed by atoms with Crippen molar-refractivity contribution < 1.29 is 14.3 Å². The van der Waals surface area contributed by atoms with Gasteiger partial charge in [-0.15, -0.1) is 0 Å². The van der Waals surface area contributed by atoms with Crippen LogP contribution >= 0.6 is 0 Å². The molecule has 5 rings (SSSR count). The number of hydrogen-bond acceptors (Lipinski definition) is 4. The van der Waals surface area contributed by atoms with E-state index >= 15 is 0 Å². The van der Waals surface area contributed by atoms with Gasteiger partial charge in [0.25, 0.3) is 0 Å². The van der Waals surface area contributed by atoms with Crippen LogP contribution in [-0.4, -0.2) is 55.1 Å². The summed E-state index contributed by atoms with van der Waals surface area (Å²) in [5, 5.41) is 3.18. The van der Waals surface area contributed by atoms with E-state index in [1.54, 1.807) is 0 Å². The Morgan fingerprint density at radius 2 is 1.57 bits per heavy atom. The molecule has 1 N–H and O–H groups in total. The van der Waals surface area contributed by atoms with E-state index in [4.69, 9.17) is 4.74 Å². The Morgan fingerprint density at radius 1 is 0.943 bits per heavy atom.